The van der Waals surface area contributed by atoms with Gasteiger partial charge in [0, 0.05) is 11.6 Å². The molecule has 136 valence electrons. The molecule has 0 aromatic heterocycles. The highest BCUT2D eigenvalue weighted by atomic mass is 35.5. The Morgan fingerprint density at radius 2 is 2.16 bits per heavy atom. The fourth-order valence-corrected chi connectivity index (χ4v) is 3.12. The van der Waals surface area contributed by atoms with Gasteiger partial charge < -0.3 is 20.5 Å². The predicted octanol–water partition coefficient (Wildman–Crippen LogP) is 4.09. The Kier molecular flexibility index (Phi) is 7.62. The molecule has 0 spiro atoms. The van der Waals surface area contributed by atoms with Gasteiger partial charge in [0.15, 0.2) is 10.9 Å². The third-order valence-electron chi connectivity index (χ3n) is 3.99. The van der Waals surface area contributed by atoms with Crippen LogP contribution in [0, 0.1) is 0 Å². The van der Waals surface area contributed by atoms with Crippen molar-refractivity contribution in [2.75, 3.05) is 13.7 Å². The van der Waals surface area contributed by atoms with Gasteiger partial charge in [0.25, 0.3) is 0 Å². The first kappa shape index (κ1) is 19.6. The van der Waals surface area contributed by atoms with Crippen molar-refractivity contribution in [2.45, 2.75) is 31.5 Å². The summed E-state index contributed by atoms with van der Waals surface area (Å²) in [5.74, 6) is 0.355. The Labute approximate surface area is 158 Å². The van der Waals surface area contributed by atoms with Gasteiger partial charge in [-0.2, -0.15) is 0 Å². The molecule has 0 saturated carbocycles. The van der Waals surface area contributed by atoms with Gasteiger partial charge in [0.2, 0.25) is 0 Å². The van der Waals surface area contributed by atoms with E-state index in [0.717, 1.165) is 36.2 Å². The molecule has 1 saturated heterocycles. The SMILES string of the molecule is C=C(NC[C@@H]1CCC[C@H](c2ccc(Cl)cc2)O1)/C(OC)=C(Cl)\N=C/N. The van der Waals surface area contributed by atoms with Crippen LogP contribution in [0.4, 0.5) is 0 Å². The summed E-state index contributed by atoms with van der Waals surface area (Å²) in [7, 11) is 1.50. The molecule has 0 aliphatic carbocycles. The molecule has 5 nitrogen and oxygen atoms in total. The minimum absolute atomic E-state index is 0.0704. The van der Waals surface area contributed by atoms with Gasteiger partial charge in [0.1, 0.15) is 0 Å². The van der Waals surface area contributed by atoms with E-state index < -0.39 is 0 Å². The first-order valence-electron chi connectivity index (χ1n) is 8.07. The average Bonchev–Trinajstić information content (AvgIpc) is 2.62. The van der Waals surface area contributed by atoms with Crippen molar-refractivity contribution in [1.29, 1.82) is 0 Å². The van der Waals surface area contributed by atoms with Crippen LogP contribution in [0.15, 0.2) is 52.4 Å². The Morgan fingerprint density at radius 1 is 1.44 bits per heavy atom. The monoisotopic (exact) mass is 383 g/mol. The van der Waals surface area contributed by atoms with Crippen molar-refractivity contribution in [3.63, 3.8) is 0 Å². The van der Waals surface area contributed by atoms with E-state index in [1.54, 1.807) is 0 Å². The summed E-state index contributed by atoms with van der Waals surface area (Å²) in [5, 5.41) is 4.07. The molecule has 0 bridgehead atoms. The fraction of sp³-hybridized carbons (Fsp3) is 0.389. The summed E-state index contributed by atoms with van der Waals surface area (Å²) < 4.78 is 11.4. The van der Waals surface area contributed by atoms with Crippen LogP contribution >= 0.6 is 23.2 Å². The number of nitrogens with zero attached hydrogens (tertiary/aromatic N) is 1. The molecule has 25 heavy (non-hydrogen) atoms. The lowest BCUT2D eigenvalue weighted by atomic mass is 9.98. The second-order valence-corrected chi connectivity index (χ2v) is 6.49. The van der Waals surface area contributed by atoms with E-state index in [1.807, 2.05) is 24.3 Å². The number of nitrogens with two attached hydrogens (primary N) is 1. The maximum atomic E-state index is 6.20. The molecule has 3 N–H and O–H groups in total. The molecule has 0 amide bonds. The van der Waals surface area contributed by atoms with Gasteiger partial charge in [-0.25, -0.2) is 4.99 Å². The van der Waals surface area contributed by atoms with Crippen LogP contribution in [-0.4, -0.2) is 26.1 Å². The van der Waals surface area contributed by atoms with Gasteiger partial charge in [0.05, 0.1) is 31.4 Å². The second-order valence-electron chi connectivity index (χ2n) is 5.69. The summed E-state index contributed by atoms with van der Waals surface area (Å²) in [5.41, 5.74) is 6.93. The molecule has 1 heterocycles. The van der Waals surface area contributed by atoms with Crippen LogP contribution in [0.1, 0.15) is 30.9 Å². The van der Waals surface area contributed by atoms with Crippen molar-refractivity contribution < 1.29 is 9.47 Å². The van der Waals surface area contributed by atoms with Crippen LogP contribution in [0.5, 0.6) is 0 Å². The van der Waals surface area contributed by atoms with Crippen LogP contribution < -0.4 is 11.1 Å². The number of hydrogen-bond donors (Lipinski definition) is 2. The second kappa shape index (κ2) is 9.70. The van der Waals surface area contributed by atoms with E-state index >= 15 is 0 Å². The van der Waals surface area contributed by atoms with Crippen molar-refractivity contribution in [3.05, 3.63) is 58.0 Å². The van der Waals surface area contributed by atoms with Crippen LogP contribution in [0.3, 0.4) is 0 Å². The molecule has 1 aliphatic rings. The van der Waals surface area contributed by atoms with Gasteiger partial charge in [-0.1, -0.05) is 41.9 Å². The van der Waals surface area contributed by atoms with E-state index in [-0.39, 0.29) is 17.4 Å². The maximum absolute atomic E-state index is 6.20. The predicted molar refractivity (Wildman–Crippen MR) is 103 cm³/mol. The lowest BCUT2D eigenvalue weighted by Gasteiger charge is -2.31. The zero-order valence-corrected chi connectivity index (χ0v) is 15.7. The Bertz CT molecular complexity index is 644. The summed E-state index contributed by atoms with van der Waals surface area (Å²) in [4.78, 5) is 3.80. The molecular formula is C18H23Cl2N3O2. The molecule has 1 fully saturated rings. The molecule has 1 aliphatic heterocycles. The Balaban J connectivity index is 1.93. The first-order chi connectivity index (χ1) is 12.0. The lowest BCUT2D eigenvalue weighted by Crippen LogP contribution is -2.33. The lowest BCUT2D eigenvalue weighted by molar-refractivity contribution is -0.0490. The standard InChI is InChI=1S/C18H23Cl2N3O2/c1-12(17(24-2)18(20)23-11-21)22-10-15-4-3-5-16(25-15)13-6-8-14(19)9-7-13/h6-9,11,15-16,22H,1,3-5,10H2,2H3,(H2,21,23)/b18-17+/t15-,16+/m0/s1. The topological polar surface area (TPSA) is 68.9 Å². The smallest absolute Gasteiger partial charge is 0.178 e. The van der Waals surface area contributed by atoms with Crippen LogP contribution in [0.2, 0.25) is 5.02 Å². The molecule has 7 heteroatoms. The Hall–Kier alpha value is -1.69. The van der Waals surface area contributed by atoms with E-state index in [2.05, 4.69) is 16.9 Å². The minimum Gasteiger partial charge on any atom is -0.491 e. The van der Waals surface area contributed by atoms with E-state index in [1.165, 1.54) is 7.11 Å². The number of nitrogens with one attached hydrogen (secondary N) is 1. The summed E-state index contributed by atoms with van der Waals surface area (Å²) >= 11 is 12.0. The minimum atomic E-state index is 0.0704. The average molecular weight is 384 g/mol. The Morgan fingerprint density at radius 3 is 2.80 bits per heavy atom. The fourth-order valence-electron chi connectivity index (χ4n) is 2.75. The summed E-state index contributed by atoms with van der Waals surface area (Å²) in [6.45, 7) is 4.54. The number of benzene rings is 1. The molecular weight excluding hydrogens is 361 g/mol. The quantitative estimate of drug-likeness (QED) is 0.244. The van der Waals surface area contributed by atoms with Crippen molar-refractivity contribution in [1.82, 2.24) is 5.32 Å². The van der Waals surface area contributed by atoms with Crippen LogP contribution in [-0.2, 0) is 9.47 Å². The third kappa shape index (κ3) is 5.66. The number of aliphatic imine (C=N–C) groups is 1. The summed E-state index contributed by atoms with van der Waals surface area (Å²) in [6, 6.07) is 7.80. The number of methoxy groups -OCH3 is 1. The number of ether oxygens (including phenoxy) is 2. The zero-order valence-electron chi connectivity index (χ0n) is 14.2. The van der Waals surface area contributed by atoms with Gasteiger partial charge in [-0.3, -0.25) is 0 Å². The van der Waals surface area contributed by atoms with Crippen molar-refractivity contribution >= 4 is 29.5 Å². The van der Waals surface area contributed by atoms with E-state index in [9.17, 15) is 0 Å². The normalized spacial score (nSPS) is 21.7. The molecule has 0 unspecified atom stereocenters. The van der Waals surface area contributed by atoms with Crippen molar-refractivity contribution in [3.8, 4) is 0 Å². The number of halogens is 2. The highest BCUT2D eigenvalue weighted by molar-refractivity contribution is 6.30. The molecule has 2 atom stereocenters. The van der Waals surface area contributed by atoms with Crippen molar-refractivity contribution in [2.24, 2.45) is 10.7 Å². The van der Waals surface area contributed by atoms with Gasteiger partial charge in [-0.15, -0.1) is 0 Å². The third-order valence-corrected chi connectivity index (χ3v) is 4.51. The molecule has 1 aromatic carbocycles. The maximum Gasteiger partial charge on any atom is 0.178 e. The summed E-state index contributed by atoms with van der Waals surface area (Å²) in [6.07, 6.45) is 4.33. The van der Waals surface area contributed by atoms with Gasteiger partial charge >= 0.3 is 0 Å². The highest BCUT2D eigenvalue weighted by Gasteiger charge is 2.24. The van der Waals surface area contributed by atoms with Gasteiger partial charge in [-0.05, 0) is 37.0 Å². The molecule has 2 rings (SSSR count). The zero-order chi connectivity index (χ0) is 18.2. The highest BCUT2D eigenvalue weighted by Crippen LogP contribution is 2.31. The number of hydrogen-bond acceptors (Lipinski definition) is 4. The van der Waals surface area contributed by atoms with E-state index in [4.69, 9.17) is 38.4 Å². The van der Waals surface area contributed by atoms with E-state index in [0.29, 0.717) is 18.0 Å². The largest absolute Gasteiger partial charge is 0.491 e. The van der Waals surface area contributed by atoms with Crippen LogP contribution in [0.25, 0.3) is 0 Å². The first-order valence-corrected chi connectivity index (χ1v) is 8.82. The number of rotatable bonds is 7. The molecule has 1 aromatic rings. The molecule has 0 radical (unpaired) electrons.